The van der Waals surface area contributed by atoms with Gasteiger partial charge in [-0.2, -0.15) is 0 Å². The Bertz CT molecular complexity index is 547. The normalized spacial score (nSPS) is 11.6. The average Bonchev–Trinajstić information content (AvgIpc) is 2.64. The molecule has 6 heteroatoms. The minimum Gasteiger partial charge on any atom is -0.493 e. The molecule has 6 nitrogen and oxygen atoms in total. The summed E-state index contributed by atoms with van der Waals surface area (Å²) in [4.78, 5) is 6.85. The number of benzene rings is 1. The standard InChI is InChI=1S/C20H35N3O3/c1-7-21-20(22-12-8-14-26-16(2)3)23(4)13-11-17-9-10-18(24-5)19(15-17)25-6/h9-10,15-16H,7-8,11-14H2,1-6H3,(H,21,22). The van der Waals surface area contributed by atoms with Gasteiger partial charge in [0.25, 0.3) is 0 Å². The van der Waals surface area contributed by atoms with Crippen molar-refractivity contribution in [1.82, 2.24) is 10.2 Å². The van der Waals surface area contributed by atoms with Crippen molar-refractivity contribution < 1.29 is 14.2 Å². The van der Waals surface area contributed by atoms with Crippen molar-refractivity contribution in [2.75, 3.05) is 47.5 Å². The zero-order valence-electron chi connectivity index (χ0n) is 17.2. The summed E-state index contributed by atoms with van der Waals surface area (Å²) in [6, 6.07) is 6.05. The van der Waals surface area contributed by atoms with Crippen LogP contribution in [-0.2, 0) is 11.2 Å². The molecule has 0 heterocycles. The van der Waals surface area contributed by atoms with E-state index in [1.807, 2.05) is 12.1 Å². The first-order valence-corrected chi connectivity index (χ1v) is 9.33. The van der Waals surface area contributed by atoms with Crippen LogP contribution in [0.1, 0.15) is 32.8 Å². The van der Waals surface area contributed by atoms with Gasteiger partial charge in [-0.25, -0.2) is 0 Å². The molecule has 0 atom stereocenters. The summed E-state index contributed by atoms with van der Waals surface area (Å²) >= 11 is 0. The van der Waals surface area contributed by atoms with Crippen LogP contribution in [-0.4, -0.2) is 64.5 Å². The SMILES string of the molecule is CCNC(=NCCCOC(C)C)N(C)CCc1ccc(OC)c(OC)c1. The average molecular weight is 366 g/mol. The second kappa shape index (κ2) is 12.4. The summed E-state index contributed by atoms with van der Waals surface area (Å²) in [5.74, 6) is 2.44. The summed E-state index contributed by atoms with van der Waals surface area (Å²) in [5.41, 5.74) is 1.20. The Morgan fingerprint density at radius 1 is 1.19 bits per heavy atom. The Kier molecular flexibility index (Phi) is 10.5. The Labute approximate surface area is 158 Å². The monoisotopic (exact) mass is 365 g/mol. The molecule has 0 amide bonds. The molecule has 0 aliphatic heterocycles. The highest BCUT2D eigenvalue weighted by Gasteiger charge is 2.08. The maximum atomic E-state index is 5.56. The summed E-state index contributed by atoms with van der Waals surface area (Å²) in [5, 5.41) is 3.35. The maximum absolute atomic E-state index is 5.56. The largest absolute Gasteiger partial charge is 0.493 e. The molecule has 1 aromatic carbocycles. The number of rotatable bonds is 11. The van der Waals surface area contributed by atoms with Gasteiger partial charge in [0.1, 0.15) is 0 Å². The molecule has 0 spiro atoms. The number of hydrogen-bond acceptors (Lipinski definition) is 4. The quantitative estimate of drug-likeness (QED) is 0.371. The van der Waals surface area contributed by atoms with Crippen molar-refractivity contribution in [1.29, 1.82) is 0 Å². The van der Waals surface area contributed by atoms with E-state index in [4.69, 9.17) is 19.2 Å². The van der Waals surface area contributed by atoms with Crippen molar-refractivity contribution in [3.05, 3.63) is 23.8 Å². The number of nitrogens with zero attached hydrogens (tertiary/aromatic N) is 2. The number of nitrogens with one attached hydrogen (secondary N) is 1. The molecule has 1 N–H and O–H groups in total. The van der Waals surface area contributed by atoms with Crippen LogP contribution in [0.15, 0.2) is 23.2 Å². The predicted molar refractivity (Wildman–Crippen MR) is 108 cm³/mol. The molecule has 0 unspecified atom stereocenters. The highest BCUT2D eigenvalue weighted by Crippen LogP contribution is 2.27. The van der Waals surface area contributed by atoms with Gasteiger partial charge in [0, 0.05) is 33.3 Å². The summed E-state index contributed by atoms with van der Waals surface area (Å²) in [6.07, 6.45) is 2.10. The Hall–Kier alpha value is -1.95. The van der Waals surface area contributed by atoms with Crippen molar-refractivity contribution in [2.45, 2.75) is 39.7 Å². The molecule has 1 rings (SSSR count). The van der Waals surface area contributed by atoms with E-state index in [0.717, 1.165) is 56.5 Å². The van der Waals surface area contributed by atoms with Gasteiger partial charge in [-0.15, -0.1) is 0 Å². The van der Waals surface area contributed by atoms with E-state index in [2.05, 4.69) is 44.1 Å². The van der Waals surface area contributed by atoms with Gasteiger partial charge >= 0.3 is 0 Å². The molecule has 0 saturated heterocycles. The molecule has 1 aromatic rings. The van der Waals surface area contributed by atoms with Gasteiger partial charge in [-0.3, -0.25) is 4.99 Å². The highest BCUT2D eigenvalue weighted by atomic mass is 16.5. The number of hydrogen-bond donors (Lipinski definition) is 1. The molecule has 0 aliphatic rings. The van der Waals surface area contributed by atoms with Crippen molar-refractivity contribution in [3.63, 3.8) is 0 Å². The molecule has 0 aliphatic carbocycles. The van der Waals surface area contributed by atoms with Crippen LogP contribution in [0.4, 0.5) is 0 Å². The molecule has 0 bridgehead atoms. The van der Waals surface area contributed by atoms with Crippen LogP contribution in [0, 0.1) is 0 Å². The number of guanidine groups is 1. The third-order valence-electron chi connectivity index (χ3n) is 3.90. The fraction of sp³-hybridized carbons (Fsp3) is 0.650. The van der Waals surface area contributed by atoms with Crippen molar-refractivity contribution in [2.24, 2.45) is 4.99 Å². The summed E-state index contributed by atoms with van der Waals surface area (Å²) < 4.78 is 16.2. The van der Waals surface area contributed by atoms with E-state index in [1.54, 1.807) is 14.2 Å². The molecule has 148 valence electrons. The molecule has 0 saturated carbocycles. The van der Waals surface area contributed by atoms with Crippen LogP contribution in [0.25, 0.3) is 0 Å². The van der Waals surface area contributed by atoms with Gasteiger partial charge in [0.05, 0.1) is 20.3 Å². The second-order valence-corrected chi connectivity index (χ2v) is 6.37. The van der Waals surface area contributed by atoms with E-state index < -0.39 is 0 Å². The molecule has 0 fully saturated rings. The van der Waals surface area contributed by atoms with E-state index in [1.165, 1.54) is 5.56 Å². The molecule has 26 heavy (non-hydrogen) atoms. The first-order valence-electron chi connectivity index (χ1n) is 9.33. The maximum Gasteiger partial charge on any atom is 0.193 e. The number of methoxy groups -OCH3 is 2. The van der Waals surface area contributed by atoms with E-state index in [0.29, 0.717) is 0 Å². The lowest BCUT2D eigenvalue weighted by Crippen LogP contribution is -2.40. The minimum absolute atomic E-state index is 0.274. The van der Waals surface area contributed by atoms with Crippen LogP contribution >= 0.6 is 0 Å². The van der Waals surface area contributed by atoms with Gasteiger partial charge in [-0.05, 0) is 51.3 Å². The molecule has 0 aromatic heterocycles. The van der Waals surface area contributed by atoms with E-state index in [-0.39, 0.29) is 6.10 Å². The Balaban J connectivity index is 2.57. The number of likely N-dealkylation sites (N-methyl/N-ethyl adjacent to an activating group) is 1. The fourth-order valence-corrected chi connectivity index (χ4v) is 2.48. The third-order valence-corrected chi connectivity index (χ3v) is 3.90. The summed E-state index contributed by atoms with van der Waals surface area (Å²) in [6.45, 7) is 9.40. The van der Waals surface area contributed by atoms with Crippen molar-refractivity contribution in [3.8, 4) is 11.5 Å². The van der Waals surface area contributed by atoms with Gasteiger partial charge < -0.3 is 24.4 Å². The first kappa shape index (κ1) is 22.1. The van der Waals surface area contributed by atoms with Crippen LogP contribution in [0.2, 0.25) is 0 Å². The van der Waals surface area contributed by atoms with Gasteiger partial charge in [0.15, 0.2) is 17.5 Å². The zero-order valence-corrected chi connectivity index (χ0v) is 17.2. The molecule has 0 radical (unpaired) electrons. The number of aliphatic imine (C=N–C) groups is 1. The number of ether oxygens (including phenoxy) is 3. The van der Waals surface area contributed by atoms with E-state index >= 15 is 0 Å². The zero-order chi connectivity index (χ0) is 19.4. The van der Waals surface area contributed by atoms with Gasteiger partial charge in [0.2, 0.25) is 0 Å². The van der Waals surface area contributed by atoms with Crippen LogP contribution in [0.5, 0.6) is 11.5 Å². The van der Waals surface area contributed by atoms with Crippen molar-refractivity contribution >= 4 is 5.96 Å². The van der Waals surface area contributed by atoms with Gasteiger partial charge in [-0.1, -0.05) is 6.07 Å². The third kappa shape index (κ3) is 7.95. The topological polar surface area (TPSA) is 55.3 Å². The lowest BCUT2D eigenvalue weighted by molar-refractivity contribution is 0.0782. The molecular formula is C20H35N3O3. The summed E-state index contributed by atoms with van der Waals surface area (Å²) in [7, 11) is 5.37. The van der Waals surface area contributed by atoms with E-state index in [9.17, 15) is 0 Å². The Morgan fingerprint density at radius 3 is 2.54 bits per heavy atom. The minimum atomic E-state index is 0.274. The smallest absolute Gasteiger partial charge is 0.193 e. The highest BCUT2D eigenvalue weighted by molar-refractivity contribution is 5.79. The predicted octanol–water partition coefficient (Wildman–Crippen LogP) is 2.96. The Morgan fingerprint density at radius 2 is 1.92 bits per heavy atom. The first-order chi connectivity index (χ1) is 12.5. The fourth-order valence-electron chi connectivity index (χ4n) is 2.48. The lowest BCUT2D eigenvalue weighted by atomic mass is 10.1. The second-order valence-electron chi connectivity index (χ2n) is 6.37. The van der Waals surface area contributed by atoms with Crippen LogP contribution in [0.3, 0.4) is 0 Å². The lowest BCUT2D eigenvalue weighted by Gasteiger charge is -2.22. The van der Waals surface area contributed by atoms with Crippen LogP contribution < -0.4 is 14.8 Å². The molecular weight excluding hydrogens is 330 g/mol.